The molecule has 0 atom stereocenters. The van der Waals surface area contributed by atoms with Crippen LogP contribution in [0.25, 0.3) is 11.5 Å². The van der Waals surface area contributed by atoms with Crippen LogP contribution in [0.2, 0.25) is 0 Å². The van der Waals surface area contributed by atoms with Crippen LogP contribution in [0.5, 0.6) is 0 Å². The van der Waals surface area contributed by atoms with Crippen molar-refractivity contribution in [3.63, 3.8) is 0 Å². The van der Waals surface area contributed by atoms with E-state index >= 15 is 0 Å². The number of ether oxygens (including phenoxy) is 2. The molecule has 0 aliphatic heterocycles. The SMILES string of the molecule is CCOC(=O)[C@H]1CC[C@H](n2cc(NC(=O)c3coc(-c4ccnc(N(CC5CC5)C(=O)OC(C)(C)C)c4)n3)c(C(F)F)n2)CC1. The molecular formula is C31H38F2N6O6. The highest BCUT2D eigenvalue weighted by molar-refractivity contribution is 6.03. The summed E-state index contributed by atoms with van der Waals surface area (Å²) in [6, 6.07) is 3.05. The third-order valence-electron chi connectivity index (χ3n) is 7.66. The number of rotatable bonds is 10. The third kappa shape index (κ3) is 8.03. The van der Waals surface area contributed by atoms with Crippen molar-refractivity contribution in [2.75, 3.05) is 23.4 Å². The van der Waals surface area contributed by atoms with Gasteiger partial charge in [0.25, 0.3) is 12.3 Å². The molecule has 2 aliphatic carbocycles. The lowest BCUT2D eigenvalue weighted by molar-refractivity contribution is -0.149. The summed E-state index contributed by atoms with van der Waals surface area (Å²) in [5.74, 6) is -0.420. The highest BCUT2D eigenvalue weighted by Crippen LogP contribution is 2.36. The smallest absolute Gasteiger partial charge is 0.416 e. The summed E-state index contributed by atoms with van der Waals surface area (Å²) in [6.45, 7) is 7.88. The first-order chi connectivity index (χ1) is 21.4. The number of halogens is 2. The monoisotopic (exact) mass is 628 g/mol. The Bertz CT molecular complexity index is 1520. The molecule has 1 N–H and O–H groups in total. The van der Waals surface area contributed by atoms with E-state index in [-0.39, 0.29) is 35.2 Å². The van der Waals surface area contributed by atoms with Gasteiger partial charge in [-0.1, -0.05) is 0 Å². The molecule has 0 saturated heterocycles. The van der Waals surface area contributed by atoms with Crippen LogP contribution >= 0.6 is 0 Å². The minimum Gasteiger partial charge on any atom is -0.466 e. The lowest BCUT2D eigenvalue weighted by Crippen LogP contribution is -2.38. The Morgan fingerprint density at radius 3 is 2.53 bits per heavy atom. The summed E-state index contributed by atoms with van der Waals surface area (Å²) in [4.78, 5) is 48.2. The molecule has 0 unspecified atom stereocenters. The van der Waals surface area contributed by atoms with Gasteiger partial charge in [0, 0.05) is 24.5 Å². The Morgan fingerprint density at radius 2 is 1.89 bits per heavy atom. The van der Waals surface area contributed by atoms with Gasteiger partial charge in [-0.3, -0.25) is 19.2 Å². The van der Waals surface area contributed by atoms with Gasteiger partial charge in [-0.15, -0.1) is 0 Å². The van der Waals surface area contributed by atoms with Crippen molar-refractivity contribution in [3.05, 3.63) is 42.2 Å². The Hall–Kier alpha value is -4.36. The number of anilines is 2. The topological polar surface area (TPSA) is 142 Å². The molecule has 2 fully saturated rings. The minimum atomic E-state index is -2.93. The molecule has 0 spiro atoms. The lowest BCUT2D eigenvalue weighted by Gasteiger charge is -2.27. The van der Waals surface area contributed by atoms with E-state index in [1.54, 1.807) is 39.8 Å². The summed E-state index contributed by atoms with van der Waals surface area (Å²) >= 11 is 0. The van der Waals surface area contributed by atoms with E-state index in [4.69, 9.17) is 13.9 Å². The van der Waals surface area contributed by atoms with Gasteiger partial charge in [0.1, 0.15) is 17.7 Å². The molecule has 3 aromatic rings. The Morgan fingerprint density at radius 1 is 1.16 bits per heavy atom. The quantitative estimate of drug-likeness (QED) is 0.247. The lowest BCUT2D eigenvalue weighted by atomic mass is 9.86. The maximum absolute atomic E-state index is 13.9. The van der Waals surface area contributed by atoms with Gasteiger partial charge in [-0.25, -0.2) is 23.5 Å². The van der Waals surface area contributed by atoms with Gasteiger partial charge >= 0.3 is 12.1 Å². The second kappa shape index (κ2) is 13.3. The maximum atomic E-state index is 13.9. The molecule has 45 heavy (non-hydrogen) atoms. The second-order valence-electron chi connectivity index (χ2n) is 12.4. The molecule has 242 valence electrons. The second-order valence-corrected chi connectivity index (χ2v) is 12.4. The highest BCUT2D eigenvalue weighted by atomic mass is 19.3. The van der Waals surface area contributed by atoms with Crippen LogP contribution in [-0.2, 0) is 14.3 Å². The van der Waals surface area contributed by atoms with Crippen molar-refractivity contribution >= 4 is 29.5 Å². The van der Waals surface area contributed by atoms with Crippen LogP contribution in [-0.4, -0.2) is 56.5 Å². The Kier molecular flexibility index (Phi) is 9.49. The molecule has 3 heterocycles. The van der Waals surface area contributed by atoms with Gasteiger partial charge in [-0.2, -0.15) is 5.10 Å². The van der Waals surface area contributed by atoms with Crippen LogP contribution in [0.15, 0.2) is 35.2 Å². The van der Waals surface area contributed by atoms with Crippen LogP contribution < -0.4 is 10.2 Å². The minimum absolute atomic E-state index is 0.0856. The zero-order valence-electron chi connectivity index (χ0n) is 25.8. The molecule has 0 aromatic carbocycles. The highest BCUT2D eigenvalue weighted by Gasteiger charge is 2.32. The molecule has 2 amide bonds. The van der Waals surface area contributed by atoms with Gasteiger partial charge < -0.3 is 19.2 Å². The number of hydrogen-bond donors (Lipinski definition) is 1. The maximum Gasteiger partial charge on any atom is 0.416 e. The molecule has 0 radical (unpaired) electrons. The summed E-state index contributed by atoms with van der Waals surface area (Å²) in [7, 11) is 0. The van der Waals surface area contributed by atoms with Gasteiger partial charge in [-0.05, 0) is 84.3 Å². The average molecular weight is 629 g/mol. The van der Waals surface area contributed by atoms with E-state index in [0.29, 0.717) is 56.1 Å². The summed E-state index contributed by atoms with van der Waals surface area (Å²) in [6.07, 6.45) is 4.84. The number of carbonyl (C=O) groups excluding carboxylic acids is 3. The van der Waals surface area contributed by atoms with Crippen molar-refractivity contribution in [3.8, 4) is 11.5 Å². The summed E-state index contributed by atoms with van der Waals surface area (Å²) in [5, 5.41) is 6.56. The molecular weight excluding hydrogens is 590 g/mol. The first-order valence-electron chi connectivity index (χ1n) is 15.2. The van der Waals surface area contributed by atoms with Crippen molar-refractivity contribution in [1.82, 2.24) is 19.7 Å². The van der Waals surface area contributed by atoms with Gasteiger partial charge in [0.2, 0.25) is 5.89 Å². The van der Waals surface area contributed by atoms with E-state index < -0.39 is 29.7 Å². The fourth-order valence-corrected chi connectivity index (χ4v) is 5.22. The van der Waals surface area contributed by atoms with Crippen molar-refractivity contribution < 1.29 is 37.1 Å². The van der Waals surface area contributed by atoms with Crippen molar-refractivity contribution in [1.29, 1.82) is 0 Å². The number of amides is 2. The zero-order chi connectivity index (χ0) is 32.3. The van der Waals surface area contributed by atoms with Crippen molar-refractivity contribution in [2.45, 2.75) is 84.3 Å². The normalized spacial score (nSPS) is 18.5. The van der Waals surface area contributed by atoms with Crippen LogP contribution in [0.1, 0.15) is 94.9 Å². The largest absolute Gasteiger partial charge is 0.466 e. The number of esters is 1. The molecule has 5 rings (SSSR count). The number of nitrogens with one attached hydrogen (secondary N) is 1. The van der Waals surface area contributed by atoms with E-state index in [0.717, 1.165) is 19.1 Å². The van der Waals surface area contributed by atoms with E-state index in [9.17, 15) is 23.2 Å². The molecule has 2 saturated carbocycles. The average Bonchev–Trinajstić information content (AvgIpc) is 3.49. The Balaban J connectivity index is 1.29. The first kappa shape index (κ1) is 32.0. The summed E-state index contributed by atoms with van der Waals surface area (Å²) < 4.78 is 45.5. The molecule has 12 nitrogen and oxygen atoms in total. The van der Waals surface area contributed by atoms with E-state index in [1.165, 1.54) is 22.0 Å². The number of carbonyl (C=O) groups is 3. The number of hydrogen-bond acceptors (Lipinski definition) is 9. The Labute approximate surface area is 259 Å². The predicted molar refractivity (Wildman–Crippen MR) is 159 cm³/mol. The van der Waals surface area contributed by atoms with Crippen LogP contribution in [0.3, 0.4) is 0 Å². The fraction of sp³-hybridized carbons (Fsp3) is 0.548. The van der Waals surface area contributed by atoms with Gasteiger partial charge in [0.15, 0.2) is 11.4 Å². The molecule has 3 aromatic heterocycles. The number of oxazole rings is 1. The molecule has 2 aliphatic rings. The van der Waals surface area contributed by atoms with Crippen LogP contribution in [0.4, 0.5) is 25.1 Å². The van der Waals surface area contributed by atoms with Crippen LogP contribution in [0, 0.1) is 11.8 Å². The molecule has 14 heteroatoms. The van der Waals surface area contributed by atoms with Crippen molar-refractivity contribution in [2.24, 2.45) is 11.8 Å². The number of alkyl halides is 2. The standard InChI is InChI=1S/C31H38F2N6O6/c1-5-43-29(41)19-8-10-21(11-9-19)39-16-22(25(37-39)26(32)33)35-27(40)23-17-44-28(36-23)20-12-13-34-24(14-20)38(15-18-6-7-18)30(42)45-31(2,3)4/h12-14,16-19,21,26H,5-11,15H2,1-4H3,(H,35,40)/t19-,21-. The van der Waals surface area contributed by atoms with E-state index in [2.05, 4.69) is 20.4 Å². The third-order valence-corrected chi connectivity index (χ3v) is 7.66. The number of pyridine rings is 1. The van der Waals surface area contributed by atoms with E-state index in [1.807, 2.05) is 0 Å². The number of nitrogens with zero attached hydrogens (tertiary/aromatic N) is 5. The molecule has 0 bridgehead atoms. The first-order valence-corrected chi connectivity index (χ1v) is 15.2. The summed E-state index contributed by atoms with van der Waals surface area (Å²) in [5.41, 5.74) is -1.05. The zero-order valence-corrected chi connectivity index (χ0v) is 25.8. The predicted octanol–water partition coefficient (Wildman–Crippen LogP) is 6.57. The fourth-order valence-electron chi connectivity index (χ4n) is 5.22. The number of aromatic nitrogens is 4. The van der Waals surface area contributed by atoms with Gasteiger partial charge in [0.05, 0.1) is 24.3 Å².